The highest BCUT2D eigenvalue weighted by atomic mass is 35.5. The lowest BCUT2D eigenvalue weighted by Gasteiger charge is -2.44. The van der Waals surface area contributed by atoms with Crippen LogP contribution in [-0.2, 0) is 17.9 Å². The number of carbonyl (C=O) groups excluding carboxylic acids is 1. The molecular weight excluding hydrogens is 348 g/mol. The number of aromatic nitrogens is 2. The number of nitrogens with zero attached hydrogens (tertiary/aromatic N) is 4. The maximum absolute atomic E-state index is 13.5. The molecule has 1 atom stereocenters. The summed E-state index contributed by atoms with van der Waals surface area (Å²) >= 11 is 6.31. The quantitative estimate of drug-likeness (QED) is 0.828. The van der Waals surface area contributed by atoms with Crippen molar-refractivity contribution in [3.63, 3.8) is 0 Å². The lowest BCUT2D eigenvalue weighted by atomic mass is 9.85. The van der Waals surface area contributed by atoms with E-state index >= 15 is 0 Å². The molecule has 1 amide bonds. The number of hydrogen-bond acceptors (Lipinski definition) is 4. The molecule has 0 saturated carbocycles. The van der Waals surface area contributed by atoms with E-state index < -0.39 is 0 Å². The van der Waals surface area contributed by atoms with Crippen molar-refractivity contribution >= 4 is 17.5 Å². The van der Waals surface area contributed by atoms with Gasteiger partial charge >= 0.3 is 0 Å². The van der Waals surface area contributed by atoms with E-state index in [0.29, 0.717) is 18.1 Å². The Morgan fingerprint density at radius 2 is 1.92 bits per heavy atom. The van der Waals surface area contributed by atoms with Gasteiger partial charge in [0.25, 0.3) is 0 Å². The van der Waals surface area contributed by atoms with Crippen molar-refractivity contribution in [3.8, 4) is 0 Å². The molecule has 26 heavy (non-hydrogen) atoms. The Balaban J connectivity index is 1.55. The largest absolute Gasteiger partial charge is 0.335 e. The fraction of sp³-hybridized carbons (Fsp3) is 0.450. The van der Waals surface area contributed by atoms with E-state index in [1.54, 1.807) is 18.6 Å². The van der Waals surface area contributed by atoms with Gasteiger partial charge in [0.15, 0.2) is 0 Å². The highest BCUT2D eigenvalue weighted by Crippen LogP contribution is 2.40. The predicted octanol–water partition coefficient (Wildman–Crippen LogP) is 3.29. The Labute approximate surface area is 159 Å². The molecule has 2 aliphatic rings. The Morgan fingerprint density at radius 3 is 2.69 bits per heavy atom. The summed E-state index contributed by atoms with van der Waals surface area (Å²) in [5.74, 6) is 0.247. The summed E-state index contributed by atoms with van der Waals surface area (Å²) in [6.07, 6.45) is 9.15. The molecule has 2 aromatic rings. The van der Waals surface area contributed by atoms with E-state index in [2.05, 4.69) is 14.9 Å². The van der Waals surface area contributed by atoms with E-state index in [-0.39, 0.29) is 11.4 Å². The van der Waals surface area contributed by atoms with Gasteiger partial charge in [-0.2, -0.15) is 0 Å². The Morgan fingerprint density at radius 1 is 1.08 bits per heavy atom. The maximum Gasteiger partial charge on any atom is 0.243 e. The fourth-order valence-corrected chi connectivity index (χ4v) is 4.51. The third-order valence-electron chi connectivity index (χ3n) is 5.62. The Kier molecular flexibility index (Phi) is 4.92. The first-order valence-corrected chi connectivity index (χ1v) is 9.59. The lowest BCUT2D eigenvalue weighted by Crippen LogP contribution is -2.59. The molecular formula is C20H23ClN4O. The number of amides is 1. The van der Waals surface area contributed by atoms with Crippen molar-refractivity contribution in [2.45, 2.75) is 44.3 Å². The summed E-state index contributed by atoms with van der Waals surface area (Å²) < 4.78 is 0. The van der Waals surface area contributed by atoms with Crippen LogP contribution in [0.4, 0.5) is 0 Å². The fourth-order valence-electron chi connectivity index (χ4n) is 4.33. The molecule has 6 heteroatoms. The van der Waals surface area contributed by atoms with Crippen molar-refractivity contribution in [2.75, 3.05) is 13.1 Å². The van der Waals surface area contributed by atoms with Crippen LogP contribution in [-0.4, -0.2) is 44.3 Å². The minimum Gasteiger partial charge on any atom is -0.335 e. The highest BCUT2D eigenvalue weighted by molar-refractivity contribution is 6.31. The van der Waals surface area contributed by atoms with E-state index in [4.69, 9.17) is 11.6 Å². The first-order valence-electron chi connectivity index (χ1n) is 9.22. The average Bonchev–Trinajstić information content (AvgIpc) is 3.05. The first kappa shape index (κ1) is 17.4. The third kappa shape index (κ3) is 3.21. The van der Waals surface area contributed by atoms with Gasteiger partial charge in [-0.05, 0) is 56.0 Å². The summed E-state index contributed by atoms with van der Waals surface area (Å²) in [6.45, 7) is 3.03. The molecule has 0 N–H and O–H groups in total. The predicted molar refractivity (Wildman–Crippen MR) is 101 cm³/mol. The third-order valence-corrected chi connectivity index (χ3v) is 5.96. The highest BCUT2D eigenvalue weighted by Gasteiger charge is 2.50. The van der Waals surface area contributed by atoms with Gasteiger partial charge in [-0.3, -0.25) is 19.7 Å². The van der Waals surface area contributed by atoms with Crippen LogP contribution in [0.5, 0.6) is 0 Å². The van der Waals surface area contributed by atoms with Crippen molar-refractivity contribution in [1.29, 1.82) is 0 Å². The van der Waals surface area contributed by atoms with Gasteiger partial charge in [0, 0.05) is 31.7 Å². The van der Waals surface area contributed by atoms with Gasteiger partial charge in [0.1, 0.15) is 5.54 Å². The van der Waals surface area contributed by atoms with E-state index in [0.717, 1.165) is 50.0 Å². The number of likely N-dealkylation sites (tertiary alicyclic amines) is 2. The zero-order valence-corrected chi connectivity index (χ0v) is 15.5. The van der Waals surface area contributed by atoms with E-state index in [9.17, 15) is 4.79 Å². The van der Waals surface area contributed by atoms with Crippen LogP contribution in [0.2, 0.25) is 5.02 Å². The summed E-state index contributed by atoms with van der Waals surface area (Å²) in [6, 6.07) is 7.81. The summed E-state index contributed by atoms with van der Waals surface area (Å²) in [5.41, 5.74) is 1.59. The van der Waals surface area contributed by atoms with Crippen LogP contribution in [0.15, 0.2) is 42.9 Å². The molecule has 4 heterocycles. The minimum absolute atomic E-state index is 0.247. The number of rotatable bonds is 4. The number of hydrogen-bond donors (Lipinski definition) is 0. The number of piperidine rings is 1. The van der Waals surface area contributed by atoms with Crippen LogP contribution in [0.3, 0.4) is 0 Å². The molecule has 1 unspecified atom stereocenters. The number of carbonyl (C=O) groups is 1. The van der Waals surface area contributed by atoms with Gasteiger partial charge in [-0.15, -0.1) is 0 Å². The molecule has 136 valence electrons. The Bertz CT molecular complexity index is 784. The molecule has 1 spiro atoms. The van der Waals surface area contributed by atoms with Crippen molar-refractivity contribution in [1.82, 2.24) is 19.8 Å². The normalized spacial score (nSPS) is 23.7. The van der Waals surface area contributed by atoms with Crippen LogP contribution >= 0.6 is 11.6 Å². The SMILES string of the molecule is O=C1N(Cc2ccccn2)CCCC12CCCN2Cc1ccncc1Cl. The van der Waals surface area contributed by atoms with Gasteiger partial charge < -0.3 is 4.90 Å². The summed E-state index contributed by atoms with van der Waals surface area (Å²) in [7, 11) is 0. The Hall–Kier alpha value is -1.98. The molecule has 4 rings (SSSR count). The van der Waals surface area contributed by atoms with Crippen LogP contribution in [0.25, 0.3) is 0 Å². The minimum atomic E-state index is -0.389. The van der Waals surface area contributed by atoms with E-state index in [1.165, 1.54) is 0 Å². The second-order valence-corrected chi connectivity index (χ2v) is 7.58. The molecule has 2 saturated heterocycles. The number of halogens is 1. The number of pyridine rings is 2. The average molecular weight is 371 g/mol. The van der Waals surface area contributed by atoms with Crippen LogP contribution < -0.4 is 0 Å². The van der Waals surface area contributed by atoms with Crippen molar-refractivity contribution < 1.29 is 4.79 Å². The van der Waals surface area contributed by atoms with Gasteiger partial charge in [-0.25, -0.2) is 0 Å². The second kappa shape index (κ2) is 7.33. The zero-order chi connectivity index (χ0) is 18.0. The van der Waals surface area contributed by atoms with E-state index in [1.807, 2.05) is 29.2 Å². The van der Waals surface area contributed by atoms with Gasteiger partial charge in [-0.1, -0.05) is 17.7 Å². The molecule has 0 bridgehead atoms. The molecule has 0 aromatic carbocycles. The molecule has 0 aliphatic carbocycles. The topological polar surface area (TPSA) is 49.3 Å². The maximum atomic E-state index is 13.5. The molecule has 2 fully saturated rings. The first-order chi connectivity index (χ1) is 12.7. The lowest BCUT2D eigenvalue weighted by molar-refractivity contribution is -0.148. The zero-order valence-electron chi connectivity index (χ0n) is 14.8. The molecule has 5 nitrogen and oxygen atoms in total. The standard InChI is InChI=1S/C20H23ClN4O/c21-18-13-22-10-6-16(18)14-25-12-4-8-20(25)7-3-11-24(19(20)26)15-17-5-1-2-9-23-17/h1-2,5-6,9-10,13H,3-4,7-8,11-12,14-15H2. The summed E-state index contributed by atoms with van der Waals surface area (Å²) in [4.78, 5) is 26.2. The van der Waals surface area contributed by atoms with Gasteiger partial charge in [0.2, 0.25) is 5.91 Å². The van der Waals surface area contributed by atoms with Gasteiger partial charge in [0.05, 0.1) is 17.3 Å². The van der Waals surface area contributed by atoms with Crippen LogP contribution in [0, 0.1) is 0 Å². The smallest absolute Gasteiger partial charge is 0.243 e. The summed E-state index contributed by atoms with van der Waals surface area (Å²) in [5, 5.41) is 0.670. The van der Waals surface area contributed by atoms with Crippen molar-refractivity contribution in [3.05, 3.63) is 59.1 Å². The monoisotopic (exact) mass is 370 g/mol. The molecule has 0 radical (unpaired) electrons. The molecule has 2 aliphatic heterocycles. The van der Waals surface area contributed by atoms with Crippen LogP contribution in [0.1, 0.15) is 36.9 Å². The van der Waals surface area contributed by atoms with Crippen molar-refractivity contribution in [2.24, 2.45) is 0 Å². The molecule has 2 aromatic heterocycles. The second-order valence-electron chi connectivity index (χ2n) is 7.18.